The average molecular weight is 395 g/mol. The number of likely N-dealkylation sites (tertiary alicyclic amines) is 1. The Balaban J connectivity index is 1.92. The fourth-order valence-corrected chi connectivity index (χ4v) is 3.49. The van der Waals surface area contributed by atoms with Gasteiger partial charge in [-0.2, -0.15) is 0 Å². The fraction of sp³-hybridized carbons (Fsp3) is 0.550. The minimum atomic E-state index is -0.896. The molecule has 2 unspecified atom stereocenters. The number of carboxylic acid groups (broad SMARTS) is 1. The van der Waals surface area contributed by atoms with E-state index in [1.165, 1.54) is 0 Å². The quantitative estimate of drug-likeness (QED) is 0.744. The maximum Gasteiger partial charge on any atom is 0.308 e. The van der Waals surface area contributed by atoms with E-state index in [0.717, 1.165) is 6.42 Å². The molecule has 2 N–H and O–H groups in total. The Labute approximate surface area is 164 Å². The highest BCUT2D eigenvalue weighted by atomic mass is 35.5. The van der Waals surface area contributed by atoms with Gasteiger partial charge in [-0.05, 0) is 49.4 Å². The van der Waals surface area contributed by atoms with Crippen LogP contribution in [0.25, 0.3) is 0 Å². The molecule has 1 fully saturated rings. The van der Waals surface area contributed by atoms with Gasteiger partial charge in [0.05, 0.1) is 11.8 Å². The van der Waals surface area contributed by atoms with E-state index >= 15 is 0 Å². The van der Waals surface area contributed by atoms with Crippen molar-refractivity contribution in [2.45, 2.75) is 33.1 Å². The lowest BCUT2D eigenvalue weighted by atomic mass is 9.94. The number of amides is 2. The normalized spacial score (nSPS) is 18.2. The maximum atomic E-state index is 12.6. The van der Waals surface area contributed by atoms with Gasteiger partial charge >= 0.3 is 5.97 Å². The Bertz CT molecular complexity index is 675. The van der Waals surface area contributed by atoms with Crippen molar-refractivity contribution in [3.8, 4) is 0 Å². The van der Waals surface area contributed by atoms with E-state index < -0.39 is 11.9 Å². The number of halogens is 1. The zero-order chi connectivity index (χ0) is 20.0. The van der Waals surface area contributed by atoms with Gasteiger partial charge in [0.1, 0.15) is 0 Å². The molecule has 1 saturated heterocycles. The van der Waals surface area contributed by atoms with E-state index in [2.05, 4.69) is 5.32 Å². The second kappa shape index (κ2) is 9.74. The van der Waals surface area contributed by atoms with Crippen molar-refractivity contribution in [2.24, 2.45) is 17.8 Å². The third-order valence-corrected chi connectivity index (χ3v) is 5.05. The molecule has 0 saturated carbocycles. The minimum Gasteiger partial charge on any atom is -0.481 e. The number of carbonyl (C=O) groups excluding carboxylic acids is 2. The third-order valence-electron chi connectivity index (χ3n) is 4.80. The Morgan fingerprint density at radius 3 is 2.52 bits per heavy atom. The second-order valence-corrected chi connectivity index (χ2v) is 7.94. The number of rotatable bonds is 7. The molecule has 1 aliphatic heterocycles. The zero-order valence-electron chi connectivity index (χ0n) is 15.8. The van der Waals surface area contributed by atoms with Crippen LogP contribution < -0.4 is 5.32 Å². The van der Waals surface area contributed by atoms with Gasteiger partial charge in [0, 0.05) is 30.2 Å². The Hall–Kier alpha value is -2.08. The van der Waals surface area contributed by atoms with Crippen LogP contribution in [-0.2, 0) is 9.59 Å². The van der Waals surface area contributed by atoms with E-state index in [-0.39, 0.29) is 30.2 Å². The van der Waals surface area contributed by atoms with Crippen molar-refractivity contribution in [1.29, 1.82) is 0 Å². The summed E-state index contributed by atoms with van der Waals surface area (Å²) in [5, 5.41) is 12.6. The number of carboxylic acids is 1. The van der Waals surface area contributed by atoms with Gasteiger partial charge in [-0.25, -0.2) is 0 Å². The molecule has 27 heavy (non-hydrogen) atoms. The van der Waals surface area contributed by atoms with Crippen LogP contribution in [0.2, 0.25) is 5.02 Å². The Morgan fingerprint density at radius 2 is 1.93 bits per heavy atom. The summed E-state index contributed by atoms with van der Waals surface area (Å²) >= 11 is 5.86. The first kappa shape index (κ1) is 21.2. The van der Waals surface area contributed by atoms with E-state index in [1.54, 1.807) is 29.2 Å². The van der Waals surface area contributed by atoms with Crippen LogP contribution in [0.15, 0.2) is 24.3 Å². The van der Waals surface area contributed by atoms with Gasteiger partial charge < -0.3 is 15.3 Å². The van der Waals surface area contributed by atoms with E-state index in [9.17, 15) is 19.5 Å². The summed E-state index contributed by atoms with van der Waals surface area (Å²) in [4.78, 5) is 38.1. The fourth-order valence-electron chi connectivity index (χ4n) is 3.36. The second-order valence-electron chi connectivity index (χ2n) is 7.51. The summed E-state index contributed by atoms with van der Waals surface area (Å²) in [7, 11) is 0. The zero-order valence-corrected chi connectivity index (χ0v) is 16.5. The molecule has 2 atom stereocenters. The lowest BCUT2D eigenvalue weighted by molar-refractivity contribution is -0.142. The smallest absolute Gasteiger partial charge is 0.308 e. The molecule has 1 heterocycles. The van der Waals surface area contributed by atoms with Gasteiger partial charge in [-0.15, -0.1) is 0 Å². The standard InChI is InChI=1S/C20H27ClN2O4/c1-13(2)10-16(20(26)27)11-22-18(24)15-4-3-9-23(12-15)19(25)14-5-7-17(21)8-6-14/h5-8,13,15-16H,3-4,9-12H2,1-2H3,(H,22,24)(H,26,27). The molecule has 6 nitrogen and oxygen atoms in total. The molecule has 7 heteroatoms. The van der Waals surface area contributed by atoms with Gasteiger partial charge in [0.15, 0.2) is 0 Å². The predicted molar refractivity (Wildman–Crippen MR) is 104 cm³/mol. The minimum absolute atomic E-state index is 0.118. The molecule has 148 valence electrons. The Kier molecular flexibility index (Phi) is 7.66. The first-order chi connectivity index (χ1) is 12.8. The largest absolute Gasteiger partial charge is 0.481 e. The summed E-state index contributed by atoms with van der Waals surface area (Å²) in [5.74, 6) is -1.86. The summed E-state index contributed by atoms with van der Waals surface area (Å²) in [6.07, 6.45) is 1.95. The molecule has 1 aliphatic rings. The first-order valence-corrected chi connectivity index (χ1v) is 9.71. The average Bonchev–Trinajstić information content (AvgIpc) is 2.64. The summed E-state index contributed by atoms with van der Waals surface area (Å²) in [6, 6.07) is 6.70. The number of benzene rings is 1. The van der Waals surface area contributed by atoms with Crippen LogP contribution in [0.5, 0.6) is 0 Å². The highest BCUT2D eigenvalue weighted by molar-refractivity contribution is 6.30. The number of aliphatic carboxylic acids is 1. The molecule has 0 aliphatic carbocycles. The van der Waals surface area contributed by atoms with Crippen LogP contribution >= 0.6 is 11.6 Å². The van der Waals surface area contributed by atoms with Crippen molar-refractivity contribution in [3.63, 3.8) is 0 Å². The van der Waals surface area contributed by atoms with Crippen molar-refractivity contribution >= 4 is 29.4 Å². The summed E-state index contributed by atoms with van der Waals surface area (Å²) < 4.78 is 0. The van der Waals surface area contributed by atoms with Gasteiger partial charge in [0.25, 0.3) is 5.91 Å². The van der Waals surface area contributed by atoms with E-state index in [0.29, 0.717) is 36.5 Å². The molecule has 1 aromatic rings. The van der Waals surface area contributed by atoms with Crippen molar-refractivity contribution < 1.29 is 19.5 Å². The lowest BCUT2D eigenvalue weighted by Gasteiger charge is -2.32. The van der Waals surface area contributed by atoms with Crippen LogP contribution in [0.1, 0.15) is 43.5 Å². The number of nitrogens with one attached hydrogen (secondary N) is 1. The molecule has 0 bridgehead atoms. The van der Waals surface area contributed by atoms with Crippen LogP contribution in [0, 0.1) is 17.8 Å². The first-order valence-electron chi connectivity index (χ1n) is 9.33. The molecule has 0 radical (unpaired) electrons. The van der Waals surface area contributed by atoms with Crippen LogP contribution in [-0.4, -0.2) is 47.4 Å². The molecule has 2 rings (SSSR count). The number of carbonyl (C=O) groups is 3. The molecule has 0 spiro atoms. The number of piperidine rings is 1. The number of hydrogen-bond donors (Lipinski definition) is 2. The number of nitrogens with zero attached hydrogens (tertiary/aromatic N) is 1. The molecule has 1 aromatic carbocycles. The van der Waals surface area contributed by atoms with Crippen molar-refractivity contribution in [3.05, 3.63) is 34.9 Å². The molecule has 0 aromatic heterocycles. The highest BCUT2D eigenvalue weighted by Crippen LogP contribution is 2.20. The van der Waals surface area contributed by atoms with Crippen LogP contribution in [0.3, 0.4) is 0 Å². The van der Waals surface area contributed by atoms with Crippen LogP contribution in [0.4, 0.5) is 0 Å². The lowest BCUT2D eigenvalue weighted by Crippen LogP contribution is -2.46. The summed E-state index contributed by atoms with van der Waals surface area (Å²) in [6.45, 7) is 4.98. The Morgan fingerprint density at radius 1 is 1.26 bits per heavy atom. The molecular formula is C20H27ClN2O4. The molecular weight excluding hydrogens is 368 g/mol. The molecule has 2 amide bonds. The van der Waals surface area contributed by atoms with Gasteiger partial charge in [-0.1, -0.05) is 25.4 Å². The van der Waals surface area contributed by atoms with E-state index in [4.69, 9.17) is 11.6 Å². The van der Waals surface area contributed by atoms with Gasteiger partial charge in [0.2, 0.25) is 5.91 Å². The highest BCUT2D eigenvalue weighted by Gasteiger charge is 2.30. The van der Waals surface area contributed by atoms with Crippen molar-refractivity contribution in [2.75, 3.05) is 19.6 Å². The topological polar surface area (TPSA) is 86.7 Å². The van der Waals surface area contributed by atoms with E-state index in [1.807, 2.05) is 13.8 Å². The van der Waals surface area contributed by atoms with Crippen molar-refractivity contribution in [1.82, 2.24) is 10.2 Å². The number of hydrogen-bond acceptors (Lipinski definition) is 3. The summed E-state index contributed by atoms with van der Waals surface area (Å²) in [5.41, 5.74) is 0.545. The maximum absolute atomic E-state index is 12.6. The predicted octanol–water partition coefficient (Wildman–Crippen LogP) is 3.06. The monoisotopic (exact) mass is 394 g/mol. The SMILES string of the molecule is CC(C)CC(CNC(=O)C1CCCN(C(=O)c2ccc(Cl)cc2)C1)C(=O)O. The van der Waals surface area contributed by atoms with Gasteiger partial charge in [-0.3, -0.25) is 14.4 Å². The third kappa shape index (κ3) is 6.24.